The molecule has 0 unspecified atom stereocenters. The highest BCUT2D eigenvalue weighted by Crippen LogP contribution is 2.18. The quantitative estimate of drug-likeness (QED) is 0.214. The zero-order valence-corrected chi connectivity index (χ0v) is 18.1. The minimum Gasteiger partial charge on any atom is -0.379 e. The van der Waals surface area contributed by atoms with Crippen molar-refractivity contribution in [3.05, 3.63) is 0 Å². The van der Waals surface area contributed by atoms with Gasteiger partial charge in [0, 0.05) is 51.2 Å². The Labute approximate surface area is 168 Å². The van der Waals surface area contributed by atoms with Gasteiger partial charge in [-0.2, -0.15) is 0 Å². The van der Waals surface area contributed by atoms with Gasteiger partial charge in [-0.3, -0.25) is 14.7 Å². The first-order valence-electron chi connectivity index (χ1n) is 9.08. The highest BCUT2D eigenvalue weighted by atomic mass is 127. The van der Waals surface area contributed by atoms with Gasteiger partial charge in [0.2, 0.25) is 5.91 Å². The van der Waals surface area contributed by atoms with Crippen LogP contribution in [0.25, 0.3) is 0 Å². The molecule has 1 aliphatic heterocycles. The number of hydrogen-bond acceptors (Lipinski definition) is 4. The van der Waals surface area contributed by atoms with Gasteiger partial charge < -0.3 is 20.7 Å². The number of halogens is 1. The highest BCUT2D eigenvalue weighted by Gasteiger charge is 2.28. The van der Waals surface area contributed by atoms with Crippen LogP contribution in [0.2, 0.25) is 0 Å². The molecule has 1 saturated heterocycles. The van der Waals surface area contributed by atoms with E-state index >= 15 is 0 Å². The molecule has 0 spiro atoms. The van der Waals surface area contributed by atoms with Gasteiger partial charge in [0.15, 0.2) is 5.96 Å². The molecule has 2 aliphatic rings. The number of aliphatic imine (C=N–C) groups is 1. The Balaban J connectivity index is 0.00000312. The number of carbonyl (C=O) groups excluding carboxylic acids is 1. The van der Waals surface area contributed by atoms with E-state index in [-0.39, 0.29) is 35.4 Å². The molecule has 0 bridgehead atoms. The van der Waals surface area contributed by atoms with Crippen molar-refractivity contribution in [1.29, 1.82) is 0 Å². The monoisotopic (exact) mass is 467 g/mol. The maximum absolute atomic E-state index is 11.6. The lowest BCUT2D eigenvalue weighted by Crippen LogP contribution is -2.56. The van der Waals surface area contributed by atoms with E-state index in [9.17, 15) is 4.79 Å². The summed E-state index contributed by atoms with van der Waals surface area (Å²) < 4.78 is 5.42. The second-order valence-electron chi connectivity index (χ2n) is 7.21. The molecule has 0 aromatic heterocycles. The van der Waals surface area contributed by atoms with Crippen LogP contribution in [0, 0.1) is 0 Å². The van der Waals surface area contributed by atoms with Crippen LogP contribution in [0.1, 0.15) is 39.5 Å². The van der Waals surface area contributed by atoms with Gasteiger partial charge in [-0.1, -0.05) is 0 Å². The maximum atomic E-state index is 11.6. The summed E-state index contributed by atoms with van der Waals surface area (Å²) in [5.74, 6) is 0.953. The minimum atomic E-state index is 0. The number of carbonyl (C=O) groups is 1. The largest absolute Gasteiger partial charge is 0.379 e. The lowest BCUT2D eigenvalue weighted by Gasteiger charge is -2.41. The van der Waals surface area contributed by atoms with Crippen molar-refractivity contribution in [3.63, 3.8) is 0 Å². The van der Waals surface area contributed by atoms with Gasteiger partial charge in [0.25, 0.3) is 0 Å². The SMILES string of the molecule is CN=C(NCCCC(=O)NC1CC1)NCC(C)(C)N1CCOCC1.I. The van der Waals surface area contributed by atoms with Crippen molar-refractivity contribution in [3.8, 4) is 0 Å². The normalized spacial score (nSPS) is 19.1. The van der Waals surface area contributed by atoms with Crippen molar-refractivity contribution in [2.45, 2.75) is 51.1 Å². The number of amides is 1. The van der Waals surface area contributed by atoms with Gasteiger partial charge in [0.05, 0.1) is 13.2 Å². The van der Waals surface area contributed by atoms with E-state index in [4.69, 9.17) is 4.74 Å². The summed E-state index contributed by atoms with van der Waals surface area (Å²) in [6.07, 6.45) is 3.66. The van der Waals surface area contributed by atoms with Gasteiger partial charge in [0.1, 0.15) is 0 Å². The second kappa shape index (κ2) is 11.2. The van der Waals surface area contributed by atoms with Crippen LogP contribution < -0.4 is 16.0 Å². The molecule has 0 aromatic carbocycles. The molecule has 25 heavy (non-hydrogen) atoms. The number of nitrogens with zero attached hydrogens (tertiary/aromatic N) is 2. The van der Waals surface area contributed by atoms with Crippen molar-refractivity contribution in [2.24, 2.45) is 4.99 Å². The van der Waals surface area contributed by atoms with E-state index in [1.165, 1.54) is 0 Å². The third-order valence-electron chi connectivity index (χ3n) is 4.59. The molecule has 1 heterocycles. The minimum absolute atomic E-state index is 0. The molecule has 1 aliphatic carbocycles. The molecule has 2 rings (SSSR count). The van der Waals surface area contributed by atoms with Crippen LogP contribution in [-0.4, -0.2) is 74.8 Å². The number of rotatable bonds is 8. The number of guanidine groups is 1. The Morgan fingerprint density at radius 2 is 1.92 bits per heavy atom. The van der Waals surface area contributed by atoms with Crippen LogP contribution in [0.5, 0.6) is 0 Å². The molecular weight excluding hydrogens is 433 g/mol. The van der Waals surface area contributed by atoms with Gasteiger partial charge in [-0.15, -0.1) is 24.0 Å². The Morgan fingerprint density at radius 3 is 2.52 bits per heavy atom. The zero-order chi connectivity index (χ0) is 17.4. The predicted octanol–water partition coefficient (Wildman–Crippen LogP) is 0.939. The summed E-state index contributed by atoms with van der Waals surface area (Å²) in [7, 11) is 1.77. The van der Waals surface area contributed by atoms with E-state index in [0.717, 1.165) is 64.6 Å². The van der Waals surface area contributed by atoms with Crippen LogP contribution in [0.15, 0.2) is 4.99 Å². The maximum Gasteiger partial charge on any atom is 0.220 e. The van der Waals surface area contributed by atoms with E-state index in [1.807, 2.05) is 0 Å². The summed E-state index contributed by atoms with van der Waals surface area (Å²) in [5, 5.41) is 9.69. The van der Waals surface area contributed by atoms with Crippen molar-refractivity contribution in [1.82, 2.24) is 20.9 Å². The topological polar surface area (TPSA) is 78.0 Å². The van der Waals surface area contributed by atoms with E-state index < -0.39 is 0 Å². The average molecular weight is 467 g/mol. The fourth-order valence-corrected chi connectivity index (χ4v) is 2.78. The lowest BCUT2D eigenvalue weighted by atomic mass is 10.0. The van der Waals surface area contributed by atoms with E-state index in [0.29, 0.717) is 12.5 Å². The van der Waals surface area contributed by atoms with E-state index in [2.05, 4.69) is 39.7 Å². The summed E-state index contributed by atoms with van der Waals surface area (Å²) >= 11 is 0. The average Bonchev–Trinajstić information content (AvgIpc) is 3.39. The number of morpholine rings is 1. The first-order valence-corrected chi connectivity index (χ1v) is 9.08. The summed E-state index contributed by atoms with van der Waals surface area (Å²) in [4.78, 5) is 18.3. The molecule has 8 heteroatoms. The van der Waals surface area contributed by atoms with Crippen LogP contribution in [0.3, 0.4) is 0 Å². The van der Waals surface area contributed by atoms with E-state index in [1.54, 1.807) is 7.05 Å². The number of hydrogen-bond donors (Lipinski definition) is 3. The molecule has 2 fully saturated rings. The molecule has 1 amide bonds. The third kappa shape index (κ3) is 8.54. The molecule has 1 saturated carbocycles. The molecular formula is C17H34IN5O2. The molecule has 7 nitrogen and oxygen atoms in total. The summed E-state index contributed by atoms with van der Waals surface area (Å²) in [5.41, 5.74) is 0.0472. The highest BCUT2D eigenvalue weighted by molar-refractivity contribution is 14.0. The van der Waals surface area contributed by atoms with Gasteiger partial charge in [-0.05, 0) is 33.1 Å². The predicted molar refractivity (Wildman–Crippen MR) is 112 cm³/mol. The number of ether oxygens (including phenoxy) is 1. The van der Waals surface area contributed by atoms with Gasteiger partial charge >= 0.3 is 0 Å². The molecule has 0 atom stereocenters. The first kappa shape index (κ1) is 22.4. The van der Waals surface area contributed by atoms with Crippen LogP contribution in [-0.2, 0) is 9.53 Å². The van der Waals surface area contributed by atoms with Crippen LogP contribution >= 0.6 is 24.0 Å². The van der Waals surface area contributed by atoms with Crippen molar-refractivity contribution >= 4 is 35.8 Å². The Hall–Kier alpha value is -0.610. The second-order valence-corrected chi connectivity index (χ2v) is 7.21. The fourth-order valence-electron chi connectivity index (χ4n) is 2.78. The van der Waals surface area contributed by atoms with Crippen molar-refractivity contribution < 1.29 is 9.53 Å². The molecule has 0 aromatic rings. The Bertz CT molecular complexity index is 435. The summed E-state index contributed by atoms with van der Waals surface area (Å²) in [6.45, 7) is 9.58. The van der Waals surface area contributed by atoms with Crippen LogP contribution in [0.4, 0.5) is 0 Å². The standard InChI is InChI=1S/C17H33N5O2.HI/c1-17(2,22-9-11-24-12-10-22)13-20-16(18-3)19-8-4-5-15(23)21-14-6-7-14;/h14H,4-13H2,1-3H3,(H,21,23)(H2,18,19,20);1H. The fraction of sp³-hybridized carbons (Fsp3) is 0.882. The summed E-state index contributed by atoms with van der Waals surface area (Å²) in [6, 6.07) is 0.447. The third-order valence-corrected chi connectivity index (χ3v) is 4.59. The molecule has 3 N–H and O–H groups in total. The Kier molecular flexibility index (Phi) is 10.0. The number of nitrogens with one attached hydrogen (secondary N) is 3. The zero-order valence-electron chi connectivity index (χ0n) is 15.8. The molecule has 146 valence electrons. The smallest absolute Gasteiger partial charge is 0.220 e. The lowest BCUT2D eigenvalue weighted by molar-refractivity contribution is -0.121. The van der Waals surface area contributed by atoms with Gasteiger partial charge in [-0.25, -0.2) is 0 Å². The Morgan fingerprint density at radius 1 is 1.24 bits per heavy atom. The molecule has 0 radical (unpaired) electrons. The van der Waals surface area contributed by atoms with Crippen molar-refractivity contribution in [2.75, 3.05) is 46.4 Å². The first-order chi connectivity index (χ1) is 11.5.